The molecule has 1 aliphatic heterocycles. The summed E-state index contributed by atoms with van der Waals surface area (Å²) >= 11 is 5.92. The van der Waals surface area contributed by atoms with Gasteiger partial charge in [0.2, 0.25) is 0 Å². The van der Waals surface area contributed by atoms with Gasteiger partial charge >= 0.3 is 0 Å². The van der Waals surface area contributed by atoms with Crippen molar-refractivity contribution in [2.24, 2.45) is 0 Å². The number of morpholine rings is 1. The van der Waals surface area contributed by atoms with Crippen LogP contribution in [0.25, 0.3) is 0 Å². The van der Waals surface area contributed by atoms with Gasteiger partial charge in [0.15, 0.2) is 0 Å². The number of anilines is 1. The maximum atomic E-state index is 9.63. The minimum absolute atomic E-state index is 0.0491. The summed E-state index contributed by atoms with van der Waals surface area (Å²) < 4.78 is 5.39. The third kappa shape index (κ3) is 4.48. The first kappa shape index (κ1) is 17.2. The lowest BCUT2D eigenvalue weighted by Gasteiger charge is -2.29. The van der Waals surface area contributed by atoms with Crippen molar-refractivity contribution < 1.29 is 9.84 Å². The number of hydrogen-bond donors (Lipinski definition) is 2. The topological polar surface area (TPSA) is 44.7 Å². The third-order valence-electron chi connectivity index (χ3n) is 4.32. The summed E-state index contributed by atoms with van der Waals surface area (Å²) in [6.45, 7) is 4.23. The molecule has 0 spiro atoms. The van der Waals surface area contributed by atoms with E-state index in [1.54, 1.807) is 0 Å². The van der Waals surface area contributed by atoms with Crippen molar-refractivity contribution in [1.29, 1.82) is 0 Å². The van der Waals surface area contributed by atoms with E-state index >= 15 is 0 Å². The maximum absolute atomic E-state index is 9.63. The Morgan fingerprint density at radius 3 is 2.33 bits per heavy atom. The number of halogens is 1. The molecular weight excluding hydrogens is 324 g/mol. The van der Waals surface area contributed by atoms with E-state index in [0.29, 0.717) is 11.6 Å². The Hall–Kier alpha value is -1.59. The Balaban J connectivity index is 1.58. The summed E-state index contributed by atoms with van der Waals surface area (Å²) in [4.78, 5) is 2.34. The first-order chi connectivity index (χ1) is 11.8. The van der Waals surface area contributed by atoms with E-state index in [1.165, 1.54) is 11.3 Å². The average molecular weight is 347 g/mol. The smallest absolute Gasteiger partial charge is 0.0642 e. The summed E-state index contributed by atoms with van der Waals surface area (Å²) in [5.74, 6) is 0. The summed E-state index contributed by atoms with van der Waals surface area (Å²) in [6, 6.07) is 16.0. The standard InChI is InChI=1S/C19H23ClN2O2/c20-17-5-3-16(4-6-17)19(14-23)21-13-15-1-7-18(8-2-15)22-9-11-24-12-10-22/h1-8,19,21,23H,9-14H2. The van der Waals surface area contributed by atoms with Crippen LogP contribution in [0.2, 0.25) is 5.02 Å². The fourth-order valence-corrected chi connectivity index (χ4v) is 3.00. The maximum Gasteiger partial charge on any atom is 0.0642 e. The Morgan fingerprint density at radius 1 is 1.04 bits per heavy atom. The molecule has 4 nitrogen and oxygen atoms in total. The van der Waals surface area contributed by atoms with E-state index in [-0.39, 0.29) is 12.6 Å². The Kier molecular flexibility index (Phi) is 6.10. The molecular formula is C19H23ClN2O2. The van der Waals surface area contributed by atoms with Gasteiger partial charge in [-0.2, -0.15) is 0 Å². The number of rotatable bonds is 6. The van der Waals surface area contributed by atoms with Gasteiger partial charge in [0.05, 0.1) is 25.9 Å². The van der Waals surface area contributed by atoms with Crippen LogP contribution in [0, 0.1) is 0 Å². The summed E-state index contributed by atoms with van der Waals surface area (Å²) in [7, 11) is 0. The lowest BCUT2D eigenvalue weighted by Crippen LogP contribution is -2.36. The lowest BCUT2D eigenvalue weighted by atomic mass is 10.1. The molecule has 1 unspecified atom stereocenters. The lowest BCUT2D eigenvalue weighted by molar-refractivity contribution is 0.122. The second-order valence-corrected chi connectivity index (χ2v) is 6.37. The van der Waals surface area contributed by atoms with Gasteiger partial charge in [0, 0.05) is 30.3 Å². The highest BCUT2D eigenvalue weighted by atomic mass is 35.5. The largest absolute Gasteiger partial charge is 0.394 e. The molecule has 0 bridgehead atoms. The molecule has 0 amide bonds. The fraction of sp³-hybridized carbons (Fsp3) is 0.368. The minimum atomic E-state index is -0.0961. The summed E-state index contributed by atoms with van der Waals surface area (Å²) in [6.07, 6.45) is 0. The Labute approximate surface area is 148 Å². The predicted octanol–water partition coefficient (Wildman–Crippen LogP) is 3.00. The molecule has 2 aromatic carbocycles. The van der Waals surface area contributed by atoms with Crippen molar-refractivity contribution in [2.75, 3.05) is 37.8 Å². The monoisotopic (exact) mass is 346 g/mol. The van der Waals surface area contributed by atoms with Crippen molar-refractivity contribution >= 4 is 17.3 Å². The van der Waals surface area contributed by atoms with Gasteiger partial charge in [-0.1, -0.05) is 35.9 Å². The van der Waals surface area contributed by atoms with E-state index in [4.69, 9.17) is 16.3 Å². The van der Waals surface area contributed by atoms with Crippen LogP contribution >= 0.6 is 11.6 Å². The molecule has 1 atom stereocenters. The molecule has 2 aromatic rings. The van der Waals surface area contributed by atoms with E-state index < -0.39 is 0 Å². The Bertz CT molecular complexity index is 625. The van der Waals surface area contributed by atoms with E-state index in [2.05, 4.69) is 34.5 Å². The molecule has 5 heteroatoms. The van der Waals surface area contributed by atoms with Gasteiger partial charge in [0.25, 0.3) is 0 Å². The second kappa shape index (κ2) is 8.49. The number of hydrogen-bond acceptors (Lipinski definition) is 4. The van der Waals surface area contributed by atoms with Crippen LogP contribution in [0.1, 0.15) is 17.2 Å². The van der Waals surface area contributed by atoms with Crippen LogP contribution in [0.15, 0.2) is 48.5 Å². The van der Waals surface area contributed by atoms with Gasteiger partial charge in [-0.05, 0) is 35.4 Å². The van der Waals surface area contributed by atoms with Crippen LogP contribution in [-0.4, -0.2) is 38.0 Å². The number of nitrogens with zero attached hydrogens (tertiary/aromatic N) is 1. The van der Waals surface area contributed by atoms with Crippen molar-refractivity contribution in [3.63, 3.8) is 0 Å². The fourth-order valence-electron chi connectivity index (χ4n) is 2.87. The van der Waals surface area contributed by atoms with Crippen molar-refractivity contribution in [3.8, 4) is 0 Å². The summed E-state index contributed by atoms with van der Waals surface area (Å²) in [5, 5.41) is 13.7. The Morgan fingerprint density at radius 2 is 1.71 bits per heavy atom. The quantitative estimate of drug-likeness (QED) is 0.844. The van der Waals surface area contributed by atoms with Crippen molar-refractivity contribution in [1.82, 2.24) is 5.32 Å². The van der Waals surface area contributed by atoms with Gasteiger partial charge < -0.3 is 20.1 Å². The highest BCUT2D eigenvalue weighted by Gasteiger charge is 2.12. The zero-order chi connectivity index (χ0) is 16.8. The van der Waals surface area contributed by atoms with E-state index in [9.17, 15) is 5.11 Å². The summed E-state index contributed by atoms with van der Waals surface area (Å²) in [5.41, 5.74) is 3.46. The molecule has 0 radical (unpaired) electrons. The molecule has 1 aliphatic rings. The molecule has 0 saturated carbocycles. The molecule has 128 valence electrons. The second-order valence-electron chi connectivity index (χ2n) is 5.93. The van der Waals surface area contributed by atoms with Crippen molar-refractivity contribution in [2.45, 2.75) is 12.6 Å². The zero-order valence-electron chi connectivity index (χ0n) is 13.6. The highest BCUT2D eigenvalue weighted by Crippen LogP contribution is 2.19. The third-order valence-corrected chi connectivity index (χ3v) is 4.57. The number of aliphatic hydroxyl groups excluding tert-OH is 1. The molecule has 1 fully saturated rings. The molecule has 1 heterocycles. The first-order valence-electron chi connectivity index (χ1n) is 8.27. The van der Waals surface area contributed by atoms with E-state index in [0.717, 1.165) is 31.9 Å². The zero-order valence-corrected chi connectivity index (χ0v) is 14.4. The molecule has 2 N–H and O–H groups in total. The van der Waals surface area contributed by atoms with E-state index in [1.807, 2.05) is 24.3 Å². The molecule has 3 rings (SSSR count). The number of aliphatic hydroxyl groups is 1. The van der Waals surface area contributed by atoms with Crippen LogP contribution in [0.4, 0.5) is 5.69 Å². The van der Waals surface area contributed by atoms with Gasteiger partial charge in [0.1, 0.15) is 0 Å². The molecule has 24 heavy (non-hydrogen) atoms. The van der Waals surface area contributed by atoms with Crippen LogP contribution in [-0.2, 0) is 11.3 Å². The van der Waals surface area contributed by atoms with Crippen molar-refractivity contribution in [3.05, 3.63) is 64.7 Å². The van der Waals surface area contributed by atoms with Gasteiger partial charge in [-0.25, -0.2) is 0 Å². The SMILES string of the molecule is OCC(NCc1ccc(N2CCOCC2)cc1)c1ccc(Cl)cc1. The normalized spacial score (nSPS) is 16.2. The van der Waals surface area contributed by atoms with Crippen LogP contribution < -0.4 is 10.2 Å². The number of benzene rings is 2. The average Bonchev–Trinajstić information content (AvgIpc) is 2.65. The minimum Gasteiger partial charge on any atom is -0.394 e. The van der Waals surface area contributed by atoms with Crippen LogP contribution in [0.3, 0.4) is 0 Å². The predicted molar refractivity (Wildman–Crippen MR) is 97.6 cm³/mol. The first-order valence-corrected chi connectivity index (χ1v) is 8.65. The molecule has 0 aromatic heterocycles. The molecule has 0 aliphatic carbocycles. The van der Waals surface area contributed by atoms with Gasteiger partial charge in [-0.15, -0.1) is 0 Å². The number of ether oxygens (including phenoxy) is 1. The molecule has 1 saturated heterocycles. The van der Waals surface area contributed by atoms with Crippen LogP contribution in [0.5, 0.6) is 0 Å². The van der Waals surface area contributed by atoms with Gasteiger partial charge in [-0.3, -0.25) is 0 Å². The number of nitrogens with one attached hydrogen (secondary N) is 1. The highest BCUT2D eigenvalue weighted by molar-refractivity contribution is 6.30.